The van der Waals surface area contributed by atoms with Gasteiger partial charge in [-0.1, -0.05) is 45.0 Å². The van der Waals surface area contributed by atoms with E-state index < -0.39 is 12.1 Å². The van der Waals surface area contributed by atoms with Gasteiger partial charge in [0.25, 0.3) is 0 Å². The summed E-state index contributed by atoms with van der Waals surface area (Å²) in [4.78, 5) is 10.4. The maximum absolute atomic E-state index is 10.4. The van der Waals surface area contributed by atoms with Gasteiger partial charge >= 0.3 is 5.97 Å². The molecule has 1 rings (SSSR count). The van der Waals surface area contributed by atoms with E-state index in [0.717, 1.165) is 5.56 Å². The van der Waals surface area contributed by atoms with E-state index in [1.165, 1.54) is 5.56 Å². The molecule has 4 nitrogen and oxygen atoms in total. The van der Waals surface area contributed by atoms with Crippen LogP contribution in [-0.4, -0.2) is 29.3 Å². The molecule has 0 aromatic heterocycles. The molecule has 1 atom stereocenters. The highest BCUT2D eigenvalue weighted by Crippen LogP contribution is 2.23. The summed E-state index contributed by atoms with van der Waals surface area (Å²) < 4.78 is 0. The smallest absolute Gasteiger partial charge is 0.303 e. The van der Waals surface area contributed by atoms with E-state index in [-0.39, 0.29) is 11.8 Å². The predicted molar refractivity (Wildman–Crippen MR) is 79.8 cm³/mol. The predicted octanol–water partition coefficient (Wildman–Crippen LogP) is 2.47. The van der Waals surface area contributed by atoms with Gasteiger partial charge in [-0.2, -0.15) is 0 Å². The van der Waals surface area contributed by atoms with Crippen molar-refractivity contribution in [2.24, 2.45) is 0 Å². The lowest BCUT2D eigenvalue weighted by atomic mass is 9.86. The van der Waals surface area contributed by atoms with Gasteiger partial charge in [0.1, 0.15) is 0 Å². The maximum Gasteiger partial charge on any atom is 0.303 e. The lowest BCUT2D eigenvalue weighted by molar-refractivity contribution is -0.137. The number of aliphatic hydroxyl groups is 1. The number of aliphatic carboxylic acids is 1. The van der Waals surface area contributed by atoms with Gasteiger partial charge in [-0.15, -0.1) is 0 Å². The van der Waals surface area contributed by atoms with Crippen LogP contribution in [0.3, 0.4) is 0 Å². The van der Waals surface area contributed by atoms with Crippen LogP contribution in [0.4, 0.5) is 0 Å². The Kier molecular flexibility index (Phi) is 6.17. The van der Waals surface area contributed by atoms with Crippen LogP contribution in [0.15, 0.2) is 24.3 Å². The summed E-state index contributed by atoms with van der Waals surface area (Å²) >= 11 is 0. The van der Waals surface area contributed by atoms with Crippen LogP contribution in [0.5, 0.6) is 0 Å². The third kappa shape index (κ3) is 5.72. The number of hydrogen-bond acceptors (Lipinski definition) is 3. The van der Waals surface area contributed by atoms with Gasteiger partial charge in [0, 0.05) is 13.0 Å². The molecule has 4 heteroatoms. The Morgan fingerprint density at radius 1 is 1.25 bits per heavy atom. The molecule has 20 heavy (non-hydrogen) atoms. The molecular formula is C16H25NO3. The van der Waals surface area contributed by atoms with Crippen molar-refractivity contribution in [2.45, 2.75) is 45.1 Å². The fraction of sp³-hybridized carbons (Fsp3) is 0.562. The molecule has 0 saturated carbocycles. The van der Waals surface area contributed by atoms with Gasteiger partial charge in [0.2, 0.25) is 0 Å². The molecule has 0 amide bonds. The molecule has 112 valence electrons. The van der Waals surface area contributed by atoms with Gasteiger partial charge in [0.15, 0.2) is 0 Å². The number of rotatable bonds is 7. The summed E-state index contributed by atoms with van der Waals surface area (Å²) in [6, 6.07) is 7.99. The molecule has 0 radical (unpaired) electrons. The largest absolute Gasteiger partial charge is 0.481 e. The molecule has 3 N–H and O–H groups in total. The second-order valence-corrected chi connectivity index (χ2v) is 6.09. The summed E-state index contributed by atoms with van der Waals surface area (Å²) in [5.74, 6) is -0.787. The van der Waals surface area contributed by atoms with Crippen LogP contribution in [-0.2, 0) is 10.2 Å². The lowest BCUT2D eigenvalue weighted by Gasteiger charge is -2.20. The Morgan fingerprint density at radius 3 is 2.35 bits per heavy atom. The van der Waals surface area contributed by atoms with E-state index in [9.17, 15) is 9.90 Å². The number of aliphatic hydroxyl groups excluding tert-OH is 1. The van der Waals surface area contributed by atoms with Gasteiger partial charge < -0.3 is 15.5 Å². The Balaban J connectivity index is 2.40. The minimum atomic E-state index is -0.787. The summed E-state index contributed by atoms with van der Waals surface area (Å²) in [5, 5.41) is 21.6. The van der Waals surface area contributed by atoms with Crippen molar-refractivity contribution in [3.63, 3.8) is 0 Å². The first kappa shape index (κ1) is 16.7. The average Bonchev–Trinajstić information content (AvgIpc) is 2.37. The molecule has 1 aromatic rings. The number of carbonyl (C=O) groups is 1. The normalized spacial score (nSPS) is 13.2. The topological polar surface area (TPSA) is 69.6 Å². The van der Waals surface area contributed by atoms with Crippen molar-refractivity contribution in [3.8, 4) is 0 Å². The van der Waals surface area contributed by atoms with E-state index in [1.54, 1.807) is 0 Å². The van der Waals surface area contributed by atoms with Crippen molar-refractivity contribution >= 4 is 5.97 Å². The fourth-order valence-corrected chi connectivity index (χ4v) is 1.93. The monoisotopic (exact) mass is 279 g/mol. The Labute approximate surface area is 120 Å². The number of carboxylic acid groups (broad SMARTS) is 1. The van der Waals surface area contributed by atoms with Gasteiger partial charge in [-0.3, -0.25) is 4.79 Å². The first-order valence-corrected chi connectivity index (χ1v) is 7.01. The summed E-state index contributed by atoms with van der Waals surface area (Å²) in [6.45, 7) is 7.51. The second kappa shape index (κ2) is 7.41. The third-order valence-electron chi connectivity index (χ3n) is 3.24. The zero-order valence-electron chi connectivity index (χ0n) is 12.5. The SMILES string of the molecule is CC(C)(C)c1ccc(C(O)CNCCCC(=O)O)cc1. The van der Waals surface area contributed by atoms with E-state index in [1.807, 2.05) is 24.3 Å². The maximum atomic E-state index is 10.4. The molecule has 0 aliphatic carbocycles. The standard InChI is InChI=1S/C16H25NO3/c1-16(2,3)13-8-6-12(7-9-13)14(18)11-17-10-4-5-15(19)20/h6-9,14,17-18H,4-5,10-11H2,1-3H3,(H,19,20). The van der Waals surface area contributed by atoms with Gasteiger partial charge in [-0.25, -0.2) is 0 Å². The lowest BCUT2D eigenvalue weighted by Crippen LogP contribution is -2.23. The van der Waals surface area contributed by atoms with E-state index >= 15 is 0 Å². The fourth-order valence-electron chi connectivity index (χ4n) is 1.93. The molecule has 0 spiro atoms. The quantitative estimate of drug-likeness (QED) is 0.671. The number of nitrogens with one attached hydrogen (secondary N) is 1. The van der Waals surface area contributed by atoms with Crippen LogP contribution in [0.2, 0.25) is 0 Å². The molecule has 1 unspecified atom stereocenters. The second-order valence-electron chi connectivity index (χ2n) is 6.09. The highest BCUT2D eigenvalue weighted by atomic mass is 16.4. The van der Waals surface area contributed by atoms with E-state index in [4.69, 9.17) is 5.11 Å². The summed E-state index contributed by atoms with van der Waals surface area (Å²) in [5.41, 5.74) is 2.23. The van der Waals surface area contributed by atoms with E-state index in [2.05, 4.69) is 26.1 Å². The first-order chi connectivity index (χ1) is 9.30. The van der Waals surface area contributed by atoms with Crippen LogP contribution in [0.25, 0.3) is 0 Å². The van der Waals surface area contributed by atoms with Crippen molar-refractivity contribution in [3.05, 3.63) is 35.4 Å². The summed E-state index contributed by atoms with van der Waals surface area (Å²) in [7, 11) is 0. The molecule has 0 saturated heterocycles. The minimum Gasteiger partial charge on any atom is -0.481 e. The highest BCUT2D eigenvalue weighted by Gasteiger charge is 2.14. The first-order valence-electron chi connectivity index (χ1n) is 7.01. The summed E-state index contributed by atoms with van der Waals surface area (Å²) in [6.07, 6.45) is 0.169. The van der Waals surface area contributed by atoms with Crippen LogP contribution in [0, 0.1) is 0 Å². The Morgan fingerprint density at radius 2 is 1.85 bits per heavy atom. The van der Waals surface area contributed by atoms with Gasteiger partial charge in [0.05, 0.1) is 6.10 Å². The number of benzene rings is 1. The average molecular weight is 279 g/mol. The Bertz CT molecular complexity index is 420. The van der Waals surface area contributed by atoms with Crippen molar-refractivity contribution in [2.75, 3.05) is 13.1 Å². The molecule has 0 aliphatic heterocycles. The van der Waals surface area contributed by atoms with Crippen LogP contribution >= 0.6 is 0 Å². The minimum absolute atomic E-state index is 0.110. The van der Waals surface area contributed by atoms with Gasteiger partial charge in [-0.05, 0) is 29.5 Å². The van der Waals surface area contributed by atoms with Crippen molar-refractivity contribution < 1.29 is 15.0 Å². The number of hydrogen-bond donors (Lipinski definition) is 3. The zero-order chi connectivity index (χ0) is 15.2. The van der Waals surface area contributed by atoms with Crippen molar-refractivity contribution in [1.82, 2.24) is 5.32 Å². The molecule has 0 heterocycles. The molecule has 0 fully saturated rings. The van der Waals surface area contributed by atoms with E-state index in [0.29, 0.717) is 19.5 Å². The molecule has 0 bridgehead atoms. The molecule has 0 aliphatic rings. The number of carboxylic acids is 1. The highest BCUT2D eigenvalue weighted by molar-refractivity contribution is 5.66. The third-order valence-corrected chi connectivity index (χ3v) is 3.24. The van der Waals surface area contributed by atoms with Crippen LogP contribution in [0.1, 0.15) is 50.8 Å². The molecule has 1 aromatic carbocycles. The Hall–Kier alpha value is -1.39. The molecular weight excluding hydrogens is 254 g/mol. The zero-order valence-corrected chi connectivity index (χ0v) is 12.5. The van der Waals surface area contributed by atoms with Crippen molar-refractivity contribution in [1.29, 1.82) is 0 Å². The van der Waals surface area contributed by atoms with Crippen LogP contribution < -0.4 is 5.32 Å².